The van der Waals surface area contributed by atoms with Crippen LogP contribution in [0, 0.1) is 10.1 Å². The Labute approximate surface area is 118 Å². The topological polar surface area (TPSA) is 125 Å². The first kappa shape index (κ1) is 14.9. The Morgan fingerprint density at radius 2 is 2.05 bits per heavy atom. The van der Waals surface area contributed by atoms with Gasteiger partial charge >= 0.3 is 0 Å². The summed E-state index contributed by atoms with van der Waals surface area (Å²) >= 11 is 5.69. The van der Waals surface area contributed by atoms with E-state index in [2.05, 4.69) is 5.32 Å². The average Bonchev–Trinajstić information content (AvgIpc) is 2.41. The number of hydrogen-bond acceptors (Lipinski definition) is 7. The van der Waals surface area contributed by atoms with Crippen LogP contribution in [0.25, 0.3) is 0 Å². The first-order valence-corrected chi connectivity index (χ1v) is 6.14. The summed E-state index contributed by atoms with van der Waals surface area (Å²) in [5.41, 5.74) is -0.194. The van der Waals surface area contributed by atoms with E-state index in [-0.39, 0.29) is 23.0 Å². The number of hydrogen-bond donors (Lipinski definition) is 4. The van der Waals surface area contributed by atoms with Gasteiger partial charge in [-0.15, -0.1) is 0 Å². The fourth-order valence-electron chi connectivity index (χ4n) is 1.86. The minimum atomic E-state index is -1.42. The number of rotatable bonds is 3. The molecular formula is C11H13ClN2O6. The van der Waals surface area contributed by atoms with E-state index in [1.54, 1.807) is 0 Å². The monoisotopic (exact) mass is 304 g/mol. The van der Waals surface area contributed by atoms with Crippen molar-refractivity contribution in [1.29, 1.82) is 0 Å². The Hall–Kier alpha value is -1.45. The third-order valence-electron chi connectivity index (χ3n) is 2.96. The summed E-state index contributed by atoms with van der Waals surface area (Å²) in [5, 5.41) is 42.4. The number of benzene rings is 1. The maximum atomic E-state index is 10.9. The molecule has 1 fully saturated rings. The van der Waals surface area contributed by atoms with Gasteiger partial charge in [0, 0.05) is 11.1 Å². The van der Waals surface area contributed by atoms with E-state index in [9.17, 15) is 25.4 Å². The van der Waals surface area contributed by atoms with Crippen LogP contribution in [0.1, 0.15) is 0 Å². The van der Waals surface area contributed by atoms with Gasteiger partial charge in [0.15, 0.2) is 6.23 Å². The molecule has 0 bridgehead atoms. The standard InChI is InChI=1S/C11H13ClN2O6/c12-5-1-2-6(7(3-5)14(18)19)13-11-10(17)9(16)8(15)4-20-11/h1-3,8-11,13,15-17H,4H2/t8-,9+,10-,11+/m0/s1. The van der Waals surface area contributed by atoms with Crippen molar-refractivity contribution in [2.24, 2.45) is 0 Å². The van der Waals surface area contributed by atoms with Crippen LogP contribution in [0.2, 0.25) is 5.02 Å². The number of aliphatic hydroxyl groups excluding tert-OH is 3. The van der Waals surface area contributed by atoms with Crippen LogP contribution in [0.4, 0.5) is 11.4 Å². The number of anilines is 1. The molecule has 1 heterocycles. The van der Waals surface area contributed by atoms with Gasteiger partial charge in [-0.05, 0) is 12.1 Å². The van der Waals surface area contributed by atoms with Crippen molar-refractivity contribution in [3.8, 4) is 0 Å². The molecule has 0 spiro atoms. The summed E-state index contributed by atoms with van der Waals surface area (Å²) in [6, 6.07) is 3.97. The SMILES string of the molecule is O=[N+]([O-])c1cc(Cl)ccc1N[C@@H]1OC[C@H](O)[C@@H](O)[C@@H]1O. The molecule has 0 amide bonds. The molecule has 110 valence electrons. The first-order chi connectivity index (χ1) is 9.40. The molecule has 2 rings (SSSR count). The fraction of sp³-hybridized carbons (Fsp3) is 0.455. The summed E-state index contributed by atoms with van der Waals surface area (Å²) in [6.45, 7) is -0.197. The number of halogens is 1. The van der Waals surface area contributed by atoms with Gasteiger partial charge in [-0.2, -0.15) is 0 Å². The zero-order valence-electron chi connectivity index (χ0n) is 10.1. The van der Waals surface area contributed by atoms with Gasteiger partial charge in [-0.25, -0.2) is 0 Å². The maximum Gasteiger partial charge on any atom is 0.293 e. The Morgan fingerprint density at radius 1 is 1.35 bits per heavy atom. The van der Waals surface area contributed by atoms with Gasteiger partial charge in [0.1, 0.15) is 24.0 Å². The van der Waals surface area contributed by atoms with Crippen LogP contribution < -0.4 is 5.32 Å². The average molecular weight is 305 g/mol. The van der Waals surface area contributed by atoms with Crippen molar-refractivity contribution in [2.45, 2.75) is 24.5 Å². The number of nitro benzene ring substituents is 1. The Kier molecular flexibility index (Phi) is 4.41. The van der Waals surface area contributed by atoms with Crippen molar-refractivity contribution in [3.05, 3.63) is 33.3 Å². The molecule has 0 radical (unpaired) electrons. The molecule has 8 nitrogen and oxygen atoms in total. The van der Waals surface area contributed by atoms with Crippen LogP contribution in [-0.2, 0) is 4.74 Å². The molecule has 0 aromatic heterocycles. The Balaban J connectivity index is 2.20. The van der Waals surface area contributed by atoms with E-state index >= 15 is 0 Å². The fourth-order valence-corrected chi connectivity index (χ4v) is 2.03. The highest BCUT2D eigenvalue weighted by molar-refractivity contribution is 6.30. The van der Waals surface area contributed by atoms with Gasteiger partial charge in [0.05, 0.1) is 11.5 Å². The lowest BCUT2D eigenvalue weighted by molar-refractivity contribution is -0.384. The van der Waals surface area contributed by atoms with Gasteiger partial charge in [-0.3, -0.25) is 10.1 Å². The lowest BCUT2D eigenvalue weighted by Gasteiger charge is -2.35. The number of ether oxygens (including phenoxy) is 1. The summed E-state index contributed by atoms with van der Waals surface area (Å²) in [5.74, 6) is 0. The zero-order chi connectivity index (χ0) is 14.9. The van der Waals surface area contributed by atoms with Crippen LogP contribution in [0.3, 0.4) is 0 Å². The maximum absolute atomic E-state index is 10.9. The highest BCUT2D eigenvalue weighted by Crippen LogP contribution is 2.29. The molecule has 1 saturated heterocycles. The van der Waals surface area contributed by atoms with Gasteiger partial charge in [0.25, 0.3) is 5.69 Å². The number of nitrogens with zero attached hydrogens (tertiary/aromatic N) is 1. The van der Waals surface area contributed by atoms with Crippen molar-refractivity contribution >= 4 is 23.0 Å². The molecule has 4 atom stereocenters. The normalized spacial score (nSPS) is 30.0. The zero-order valence-corrected chi connectivity index (χ0v) is 10.9. The molecule has 0 aliphatic carbocycles. The van der Waals surface area contributed by atoms with Crippen LogP contribution >= 0.6 is 11.6 Å². The molecule has 4 N–H and O–H groups in total. The first-order valence-electron chi connectivity index (χ1n) is 5.76. The molecular weight excluding hydrogens is 292 g/mol. The molecule has 20 heavy (non-hydrogen) atoms. The van der Waals surface area contributed by atoms with Crippen molar-refractivity contribution in [3.63, 3.8) is 0 Å². The van der Waals surface area contributed by atoms with Crippen molar-refractivity contribution in [2.75, 3.05) is 11.9 Å². The predicted molar refractivity (Wildman–Crippen MR) is 69.5 cm³/mol. The lowest BCUT2D eigenvalue weighted by Crippen LogP contribution is -2.55. The highest BCUT2D eigenvalue weighted by Gasteiger charge is 2.38. The summed E-state index contributed by atoms with van der Waals surface area (Å²) in [4.78, 5) is 10.3. The van der Waals surface area contributed by atoms with E-state index in [0.29, 0.717) is 0 Å². The molecule has 1 aliphatic heterocycles. The van der Waals surface area contributed by atoms with E-state index in [1.165, 1.54) is 12.1 Å². The van der Waals surface area contributed by atoms with Crippen molar-refractivity contribution in [1.82, 2.24) is 0 Å². The Bertz CT molecular complexity index is 514. The van der Waals surface area contributed by atoms with Crippen LogP contribution in [-0.4, -0.2) is 51.4 Å². The second-order valence-electron chi connectivity index (χ2n) is 4.37. The summed E-state index contributed by atoms with van der Waals surface area (Å²) in [6.07, 6.45) is -5.10. The molecule has 0 unspecified atom stereocenters. The molecule has 1 aromatic rings. The van der Waals surface area contributed by atoms with E-state index in [0.717, 1.165) is 6.07 Å². The van der Waals surface area contributed by atoms with Crippen molar-refractivity contribution < 1.29 is 25.0 Å². The van der Waals surface area contributed by atoms with Crippen LogP contribution in [0.5, 0.6) is 0 Å². The third kappa shape index (κ3) is 3.00. The quantitative estimate of drug-likeness (QED) is 0.461. The second-order valence-corrected chi connectivity index (χ2v) is 4.80. The van der Waals surface area contributed by atoms with Gasteiger partial charge < -0.3 is 25.4 Å². The highest BCUT2D eigenvalue weighted by atomic mass is 35.5. The number of nitrogens with one attached hydrogen (secondary N) is 1. The van der Waals surface area contributed by atoms with Crippen LogP contribution in [0.15, 0.2) is 18.2 Å². The van der Waals surface area contributed by atoms with E-state index < -0.39 is 29.5 Å². The smallest absolute Gasteiger partial charge is 0.293 e. The molecule has 1 aliphatic rings. The van der Waals surface area contributed by atoms with E-state index in [1.807, 2.05) is 0 Å². The largest absolute Gasteiger partial charge is 0.388 e. The van der Waals surface area contributed by atoms with Gasteiger partial charge in [-0.1, -0.05) is 11.6 Å². The van der Waals surface area contributed by atoms with Gasteiger partial charge in [0.2, 0.25) is 0 Å². The summed E-state index contributed by atoms with van der Waals surface area (Å²) < 4.78 is 5.12. The number of aliphatic hydroxyl groups is 3. The number of nitro groups is 1. The minimum Gasteiger partial charge on any atom is -0.388 e. The lowest BCUT2D eigenvalue weighted by atomic mass is 10.0. The minimum absolute atomic E-state index is 0.0899. The Morgan fingerprint density at radius 3 is 2.70 bits per heavy atom. The molecule has 9 heteroatoms. The summed E-state index contributed by atoms with van der Waals surface area (Å²) in [7, 11) is 0. The third-order valence-corrected chi connectivity index (χ3v) is 3.19. The molecule has 0 saturated carbocycles. The predicted octanol–water partition coefficient (Wildman–Crippen LogP) is 0.0991. The second kappa shape index (κ2) is 5.90. The molecule has 1 aromatic carbocycles. The van der Waals surface area contributed by atoms with E-state index in [4.69, 9.17) is 16.3 Å².